The Balaban J connectivity index is 2.66. The molecule has 1 heterocycles. The monoisotopic (exact) mass is 311 g/mol. The second kappa shape index (κ2) is 12.6. The second-order valence-electron chi connectivity index (χ2n) is 5.63. The number of unbranched alkanes of at least 4 members (excludes halogenated alkanes) is 2. The minimum atomic E-state index is 0.913. The van der Waals surface area contributed by atoms with Gasteiger partial charge in [-0.3, -0.25) is 4.99 Å². The van der Waals surface area contributed by atoms with Crippen molar-refractivity contribution in [1.29, 1.82) is 0 Å². The Morgan fingerprint density at radius 1 is 1.09 bits per heavy atom. The molecule has 1 rings (SSSR count). The van der Waals surface area contributed by atoms with Crippen molar-refractivity contribution in [2.75, 3.05) is 6.54 Å². The van der Waals surface area contributed by atoms with Crippen molar-refractivity contribution < 1.29 is 4.57 Å². The summed E-state index contributed by atoms with van der Waals surface area (Å²) in [5.41, 5.74) is 2.38. The van der Waals surface area contributed by atoms with Crippen LogP contribution in [0, 0.1) is 0 Å². The van der Waals surface area contributed by atoms with E-state index in [1.54, 1.807) is 0 Å². The van der Waals surface area contributed by atoms with Crippen molar-refractivity contribution in [3.63, 3.8) is 0 Å². The SMILES string of the molecule is C\C=C/C(/C=C/c1cc[n+](CCCC)cc1)=C\C=NCCCC. The van der Waals surface area contributed by atoms with Crippen LogP contribution in [0.1, 0.15) is 52.0 Å². The molecule has 0 saturated carbocycles. The molecule has 0 aliphatic rings. The molecule has 0 amide bonds. The molecular formula is C21H31N2+. The van der Waals surface area contributed by atoms with Gasteiger partial charge in [0.15, 0.2) is 12.4 Å². The van der Waals surface area contributed by atoms with Crippen LogP contribution in [0.5, 0.6) is 0 Å². The highest BCUT2D eigenvalue weighted by Crippen LogP contribution is 2.05. The van der Waals surface area contributed by atoms with Crippen LogP contribution in [0.4, 0.5) is 0 Å². The van der Waals surface area contributed by atoms with Gasteiger partial charge in [-0.25, -0.2) is 4.57 Å². The van der Waals surface area contributed by atoms with Crippen molar-refractivity contribution >= 4 is 12.3 Å². The first-order valence-corrected chi connectivity index (χ1v) is 8.80. The molecule has 23 heavy (non-hydrogen) atoms. The minimum absolute atomic E-state index is 0.913. The minimum Gasteiger partial charge on any atom is -0.293 e. The number of pyridine rings is 1. The van der Waals surface area contributed by atoms with Crippen LogP contribution < -0.4 is 4.57 Å². The first-order valence-electron chi connectivity index (χ1n) is 8.80. The van der Waals surface area contributed by atoms with E-state index >= 15 is 0 Å². The molecule has 0 fully saturated rings. The molecule has 0 unspecified atom stereocenters. The number of nitrogens with zero attached hydrogens (tertiary/aromatic N) is 2. The Morgan fingerprint density at radius 2 is 1.83 bits per heavy atom. The van der Waals surface area contributed by atoms with Crippen LogP contribution in [0.2, 0.25) is 0 Å². The molecule has 0 bridgehead atoms. The molecule has 2 nitrogen and oxygen atoms in total. The van der Waals surface area contributed by atoms with Gasteiger partial charge in [0.2, 0.25) is 0 Å². The van der Waals surface area contributed by atoms with Crippen molar-refractivity contribution in [3.8, 4) is 0 Å². The largest absolute Gasteiger partial charge is 0.293 e. The van der Waals surface area contributed by atoms with Crippen LogP contribution >= 0.6 is 0 Å². The van der Waals surface area contributed by atoms with Crippen molar-refractivity contribution in [2.24, 2.45) is 4.99 Å². The lowest BCUT2D eigenvalue weighted by molar-refractivity contribution is -0.697. The summed E-state index contributed by atoms with van der Waals surface area (Å²) in [5, 5.41) is 0. The van der Waals surface area contributed by atoms with E-state index in [0.29, 0.717) is 0 Å². The van der Waals surface area contributed by atoms with Gasteiger partial charge in [-0.15, -0.1) is 0 Å². The van der Waals surface area contributed by atoms with E-state index in [0.717, 1.165) is 25.1 Å². The van der Waals surface area contributed by atoms with E-state index in [2.05, 4.69) is 78.3 Å². The molecule has 0 N–H and O–H groups in total. The third kappa shape index (κ3) is 8.92. The van der Waals surface area contributed by atoms with E-state index in [1.165, 1.54) is 24.8 Å². The fourth-order valence-corrected chi connectivity index (χ4v) is 2.08. The molecule has 0 aromatic carbocycles. The van der Waals surface area contributed by atoms with Crippen LogP contribution in [-0.2, 0) is 6.54 Å². The van der Waals surface area contributed by atoms with Crippen molar-refractivity contribution in [3.05, 3.63) is 60.0 Å². The lowest BCUT2D eigenvalue weighted by Gasteiger charge is -1.97. The number of hydrogen-bond donors (Lipinski definition) is 0. The summed E-state index contributed by atoms with van der Waals surface area (Å²) in [5.74, 6) is 0. The molecule has 2 heteroatoms. The van der Waals surface area contributed by atoms with Gasteiger partial charge in [0.05, 0.1) is 0 Å². The first kappa shape index (κ1) is 19.1. The smallest absolute Gasteiger partial charge is 0.169 e. The van der Waals surface area contributed by atoms with E-state index in [4.69, 9.17) is 0 Å². The molecular weight excluding hydrogens is 280 g/mol. The summed E-state index contributed by atoms with van der Waals surface area (Å²) in [6.07, 6.45) is 21.5. The fraction of sp³-hybridized carbons (Fsp3) is 0.429. The van der Waals surface area contributed by atoms with Crippen LogP contribution in [0.25, 0.3) is 6.08 Å². The van der Waals surface area contributed by atoms with Gasteiger partial charge < -0.3 is 0 Å². The summed E-state index contributed by atoms with van der Waals surface area (Å²) in [4.78, 5) is 4.41. The highest BCUT2D eigenvalue weighted by atomic mass is 14.9. The molecule has 0 spiro atoms. The molecule has 1 aromatic heterocycles. The number of aliphatic imine (C=N–C) groups is 1. The third-order valence-corrected chi connectivity index (χ3v) is 3.53. The van der Waals surface area contributed by atoms with E-state index in [1.807, 2.05) is 13.1 Å². The maximum absolute atomic E-state index is 4.41. The summed E-state index contributed by atoms with van der Waals surface area (Å²) in [6.45, 7) is 8.45. The Hall–Kier alpha value is -1.96. The third-order valence-electron chi connectivity index (χ3n) is 3.53. The average molecular weight is 311 g/mol. The van der Waals surface area contributed by atoms with Gasteiger partial charge in [-0.1, -0.05) is 51.0 Å². The predicted octanol–water partition coefficient (Wildman–Crippen LogP) is 5.16. The quantitative estimate of drug-likeness (QED) is 0.246. The fourth-order valence-electron chi connectivity index (χ4n) is 2.08. The average Bonchev–Trinajstić information content (AvgIpc) is 2.58. The van der Waals surface area contributed by atoms with Gasteiger partial charge in [-0.05, 0) is 30.6 Å². The summed E-state index contributed by atoms with van der Waals surface area (Å²) in [6, 6.07) is 4.32. The van der Waals surface area contributed by atoms with Gasteiger partial charge in [0.1, 0.15) is 6.54 Å². The van der Waals surface area contributed by atoms with E-state index in [-0.39, 0.29) is 0 Å². The maximum Gasteiger partial charge on any atom is 0.169 e. The van der Waals surface area contributed by atoms with Gasteiger partial charge in [-0.2, -0.15) is 0 Å². The Bertz CT molecular complexity index is 533. The van der Waals surface area contributed by atoms with E-state index in [9.17, 15) is 0 Å². The zero-order chi connectivity index (χ0) is 16.8. The zero-order valence-electron chi connectivity index (χ0n) is 14.9. The Morgan fingerprint density at radius 3 is 2.48 bits per heavy atom. The van der Waals surface area contributed by atoms with Crippen LogP contribution in [-0.4, -0.2) is 12.8 Å². The Kier molecular flexibility index (Phi) is 10.4. The summed E-state index contributed by atoms with van der Waals surface area (Å²) in [7, 11) is 0. The van der Waals surface area contributed by atoms with E-state index < -0.39 is 0 Å². The zero-order valence-corrected chi connectivity index (χ0v) is 14.9. The molecule has 0 atom stereocenters. The van der Waals surface area contributed by atoms with Crippen molar-refractivity contribution in [1.82, 2.24) is 0 Å². The standard InChI is InChI=1S/C21H31N2/c1-4-7-15-22-16-12-20(9-6-3)10-11-21-13-18-23(19-14-21)17-8-5-2/h6,9-14,16,18-19H,4-5,7-8,15,17H2,1-3H3/q+1/b9-6-,11-10+,20-12+,22-16?. The number of aromatic nitrogens is 1. The van der Waals surface area contributed by atoms with Crippen LogP contribution in [0.15, 0.2) is 59.4 Å². The summed E-state index contributed by atoms with van der Waals surface area (Å²) < 4.78 is 2.24. The van der Waals surface area contributed by atoms with Gasteiger partial charge >= 0.3 is 0 Å². The predicted molar refractivity (Wildman–Crippen MR) is 102 cm³/mol. The highest BCUT2D eigenvalue weighted by molar-refractivity contribution is 5.75. The molecule has 0 radical (unpaired) electrons. The van der Waals surface area contributed by atoms with Gasteiger partial charge in [0, 0.05) is 31.3 Å². The molecule has 124 valence electrons. The lowest BCUT2D eigenvalue weighted by Crippen LogP contribution is -2.32. The maximum atomic E-state index is 4.41. The molecule has 0 aliphatic carbocycles. The number of hydrogen-bond acceptors (Lipinski definition) is 1. The molecule has 1 aromatic rings. The normalized spacial score (nSPS) is 12.9. The topological polar surface area (TPSA) is 16.2 Å². The highest BCUT2D eigenvalue weighted by Gasteiger charge is 1.98. The first-order chi connectivity index (χ1) is 11.3. The summed E-state index contributed by atoms with van der Waals surface area (Å²) >= 11 is 0. The van der Waals surface area contributed by atoms with Crippen LogP contribution in [0.3, 0.4) is 0 Å². The second-order valence-corrected chi connectivity index (χ2v) is 5.63. The Labute approximate surface area is 142 Å². The lowest BCUT2D eigenvalue weighted by atomic mass is 10.1. The molecule has 0 aliphatic heterocycles. The number of rotatable bonds is 10. The van der Waals surface area contributed by atoms with Gasteiger partial charge in [0.25, 0.3) is 0 Å². The molecule has 0 saturated heterocycles. The van der Waals surface area contributed by atoms with Crippen molar-refractivity contribution in [2.45, 2.75) is 53.0 Å². The number of aryl methyl sites for hydroxylation is 1. The number of allylic oxidation sites excluding steroid dienone is 5.